The van der Waals surface area contributed by atoms with Crippen molar-refractivity contribution in [3.63, 3.8) is 0 Å². The van der Waals surface area contributed by atoms with Gasteiger partial charge < -0.3 is 30.7 Å². The van der Waals surface area contributed by atoms with Crippen molar-refractivity contribution >= 4 is 21.6 Å². The second kappa shape index (κ2) is 25.3. The predicted molar refractivity (Wildman–Crippen MR) is 172 cm³/mol. The summed E-state index contributed by atoms with van der Waals surface area (Å²) in [5.74, 6) is 4.40. The number of methoxy groups -OCH3 is 2. The van der Waals surface area contributed by atoms with Crippen LogP contribution in [-0.2, 0) is 13.1 Å². The van der Waals surface area contributed by atoms with Crippen molar-refractivity contribution < 1.29 is 30.7 Å². The van der Waals surface area contributed by atoms with Gasteiger partial charge in [-0.25, -0.2) is 0 Å². The Morgan fingerprint density at radius 2 is 0.800 bits per heavy atom. The van der Waals surface area contributed by atoms with Crippen LogP contribution in [0.1, 0.15) is 62.5 Å². The van der Waals surface area contributed by atoms with Gasteiger partial charge in [-0.1, -0.05) is 21.6 Å². The number of rotatable bonds is 27. The monoisotopic (exact) mass is 594 g/mol. The average molecular weight is 595 g/mol. The van der Waals surface area contributed by atoms with E-state index in [4.69, 9.17) is 9.47 Å². The van der Waals surface area contributed by atoms with Gasteiger partial charge in [0.1, 0.15) is 24.6 Å². The van der Waals surface area contributed by atoms with Gasteiger partial charge in [-0.15, -0.1) is 0 Å². The fourth-order valence-corrected chi connectivity index (χ4v) is 6.64. The normalized spacial score (nSPS) is 11.2. The topological polar surface area (TPSA) is 84.9 Å². The summed E-state index contributed by atoms with van der Waals surface area (Å²) in [6.07, 6.45) is 10.8. The van der Waals surface area contributed by atoms with Crippen molar-refractivity contribution in [3.8, 4) is 11.5 Å². The highest BCUT2D eigenvalue weighted by atomic mass is 33.1. The third kappa shape index (κ3) is 18.8. The molecule has 0 atom stereocenters. The summed E-state index contributed by atoms with van der Waals surface area (Å²) in [6.45, 7) is 9.68. The van der Waals surface area contributed by atoms with E-state index in [1.165, 1.54) is 113 Å². The Morgan fingerprint density at radius 1 is 0.450 bits per heavy atom. The summed E-state index contributed by atoms with van der Waals surface area (Å²) in [6, 6.07) is 16.8. The molecule has 0 radical (unpaired) electrons. The fraction of sp³-hybridized carbons (Fsp3) is 0.625. The standard InChI is InChI=1S/C32H54N4O2S2/c1-37-31-15-11-29(12-16-31)27-35-21-9-5-3-7-19-33-23-25-39-40-26-24-34-20-8-4-6-10-22-36-28-30-13-17-32(38-2)18-14-30/h11-18,33-36H,3-10,19-28H2,1-2H3/p+4. The molecule has 0 spiro atoms. The van der Waals surface area contributed by atoms with E-state index in [2.05, 4.69) is 67.1 Å². The minimum atomic E-state index is 0.937. The maximum absolute atomic E-state index is 5.22. The van der Waals surface area contributed by atoms with Crippen molar-refractivity contribution in [2.75, 3.05) is 65.0 Å². The highest BCUT2D eigenvalue weighted by Crippen LogP contribution is 2.18. The van der Waals surface area contributed by atoms with E-state index in [-0.39, 0.29) is 0 Å². The van der Waals surface area contributed by atoms with Gasteiger partial charge >= 0.3 is 0 Å². The van der Waals surface area contributed by atoms with Gasteiger partial charge in [-0.05, 0) is 99.9 Å². The Kier molecular flexibility index (Phi) is 22.0. The molecule has 0 aliphatic carbocycles. The highest BCUT2D eigenvalue weighted by Gasteiger charge is 2.00. The lowest BCUT2D eigenvalue weighted by atomic mass is 10.2. The molecule has 0 aromatic heterocycles. The van der Waals surface area contributed by atoms with Crippen LogP contribution < -0.4 is 30.7 Å². The van der Waals surface area contributed by atoms with E-state index < -0.39 is 0 Å². The molecule has 0 saturated heterocycles. The van der Waals surface area contributed by atoms with E-state index in [9.17, 15) is 0 Å². The Balaban J connectivity index is 1.20. The molecule has 0 bridgehead atoms. The number of hydrogen-bond acceptors (Lipinski definition) is 4. The van der Waals surface area contributed by atoms with Gasteiger partial charge in [0, 0.05) is 11.1 Å². The van der Waals surface area contributed by atoms with Crippen molar-refractivity contribution in [1.29, 1.82) is 0 Å². The molecule has 0 aliphatic heterocycles. The number of ether oxygens (including phenoxy) is 2. The average Bonchev–Trinajstić information content (AvgIpc) is 3.00. The smallest absolute Gasteiger partial charge is 0.118 e. The number of hydrogen-bond donors (Lipinski definition) is 4. The van der Waals surface area contributed by atoms with E-state index in [1.807, 2.05) is 24.3 Å². The first-order valence-corrected chi connectivity index (χ1v) is 18.1. The molecule has 0 fully saturated rings. The molecule has 6 nitrogen and oxygen atoms in total. The maximum Gasteiger partial charge on any atom is 0.118 e. The van der Waals surface area contributed by atoms with Crippen LogP contribution in [-0.4, -0.2) is 65.0 Å². The molecule has 8 N–H and O–H groups in total. The predicted octanol–water partition coefficient (Wildman–Crippen LogP) is 2.16. The van der Waals surface area contributed by atoms with Crippen LogP contribution in [0, 0.1) is 0 Å². The van der Waals surface area contributed by atoms with Gasteiger partial charge in [0.25, 0.3) is 0 Å². The first kappa shape index (κ1) is 34.8. The molecule has 2 rings (SSSR count). The van der Waals surface area contributed by atoms with Gasteiger partial charge in [0.2, 0.25) is 0 Å². The number of unbranched alkanes of at least 4 members (excludes halogenated alkanes) is 6. The van der Waals surface area contributed by atoms with Gasteiger partial charge in [-0.2, -0.15) is 0 Å². The van der Waals surface area contributed by atoms with Crippen LogP contribution >= 0.6 is 21.6 Å². The van der Waals surface area contributed by atoms with E-state index >= 15 is 0 Å². The van der Waals surface area contributed by atoms with Gasteiger partial charge in [0.15, 0.2) is 0 Å². The molecule has 0 amide bonds. The largest absolute Gasteiger partial charge is 0.497 e. The molecule has 2 aromatic carbocycles. The Morgan fingerprint density at radius 3 is 1.15 bits per heavy atom. The first-order valence-electron chi connectivity index (χ1n) is 15.6. The van der Waals surface area contributed by atoms with Crippen LogP contribution in [0.25, 0.3) is 0 Å². The number of quaternary nitrogens is 4. The zero-order valence-corrected chi connectivity index (χ0v) is 26.9. The van der Waals surface area contributed by atoms with Crippen molar-refractivity contribution in [2.24, 2.45) is 0 Å². The van der Waals surface area contributed by atoms with Crippen LogP contribution in [0.5, 0.6) is 11.5 Å². The molecular weight excluding hydrogens is 537 g/mol. The van der Waals surface area contributed by atoms with Crippen LogP contribution in [0.4, 0.5) is 0 Å². The maximum atomic E-state index is 5.22. The van der Waals surface area contributed by atoms with E-state index in [1.54, 1.807) is 14.2 Å². The van der Waals surface area contributed by atoms with Crippen LogP contribution in [0.3, 0.4) is 0 Å². The van der Waals surface area contributed by atoms with Crippen LogP contribution in [0.15, 0.2) is 48.5 Å². The molecule has 0 unspecified atom stereocenters. The lowest BCUT2D eigenvalue weighted by Crippen LogP contribution is -2.85. The minimum absolute atomic E-state index is 0.937. The molecule has 8 heteroatoms. The first-order chi connectivity index (χ1) is 19.8. The summed E-state index contributed by atoms with van der Waals surface area (Å²) in [7, 11) is 7.54. The molecule has 0 saturated carbocycles. The second-order valence-corrected chi connectivity index (χ2v) is 13.2. The van der Waals surface area contributed by atoms with Gasteiger partial charge in [-0.3, -0.25) is 0 Å². The van der Waals surface area contributed by atoms with Crippen molar-refractivity contribution in [3.05, 3.63) is 59.7 Å². The number of benzene rings is 2. The highest BCUT2D eigenvalue weighted by molar-refractivity contribution is 8.76. The third-order valence-electron chi connectivity index (χ3n) is 7.11. The number of nitrogens with two attached hydrogens (primary N) is 4. The molecule has 40 heavy (non-hydrogen) atoms. The molecule has 226 valence electrons. The molecule has 0 heterocycles. The Labute approximate surface area is 252 Å². The zero-order valence-electron chi connectivity index (χ0n) is 25.3. The van der Waals surface area contributed by atoms with E-state index in [0.717, 1.165) is 24.6 Å². The second-order valence-electron chi connectivity index (χ2n) is 10.5. The van der Waals surface area contributed by atoms with Crippen molar-refractivity contribution in [1.82, 2.24) is 0 Å². The lowest BCUT2D eigenvalue weighted by molar-refractivity contribution is -0.671. The summed E-state index contributed by atoms with van der Waals surface area (Å²) in [5.41, 5.74) is 2.75. The molecule has 2 aromatic rings. The molecule has 0 aliphatic rings. The Hall–Kier alpha value is -1.42. The fourth-order valence-electron chi connectivity index (χ4n) is 4.59. The van der Waals surface area contributed by atoms with Crippen LogP contribution in [0.2, 0.25) is 0 Å². The van der Waals surface area contributed by atoms with Gasteiger partial charge in [0.05, 0.1) is 65.0 Å². The summed E-state index contributed by atoms with van der Waals surface area (Å²) < 4.78 is 10.4. The quantitative estimate of drug-likeness (QED) is 0.0944. The summed E-state index contributed by atoms with van der Waals surface area (Å²) in [5, 5.41) is 9.86. The SMILES string of the molecule is COc1ccc(C[NH2+]CCCCCC[NH2+]CCSSCC[NH2+]CCCCCC[NH2+]Cc2ccc(OC)cc2)cc1. The summed E-state index contributed by atoms with van der Waals surface area (Å²) >= 11 is 0. The summed E-state index contributed by atoms with van der Waals surface area (Å²) in [4.78, 5) is 0. The third-order valence-corrected chi connectivity index (χ3v) is 9.58. The minimum Gasteiger partial charge on any atom is -0.497 e. The Bertz CT molecular complexity index is 755. The van der Waals surface area contributed by atoms with Crippen molar-refractivity contribution in [2.45, 2.75) is 64.5 Å². The van der Waals surface area contributed by atoms with E-state index in [0.29, 0.717) is 0 Å². The lowest BCUT2D eigenvalue weighted by Gasteiger charge is -2.05. The molecular formula is C32H58N4O2S2+4. The zero-order chi connectivity index (χ0) is 28.4.